The molecule has 4 rings (SSSR count). The lowest BCUT2D eigenvalue weighted by atomic mass is 9.87. The number of para-hydroxylation sites is 1. The lowest BCUT2D eigenvalue weighted by molar-refractivity contribution is -0.133. The molecule has 1 saturated heterocycles. The molecular weight excluding hydrogens is 416 g/mol. The lowest BCUT2D eigenvalue weighted by Crippen LogP contribution is -2.51. The van der Waals surface area contributed by atoms with Crippen molar-refractivity contribution >= 4 is 22.9 Å². The highest BCUT2D eigenvalue weighted by Crippen LogP contribution is 2.35. The van der Waals surface area contributed by atoms with Crippen molar-refractivity contribution in [2.24, 2.45) is 0 Å². The Hall–Kier alpha value is -3.42. The van der Waals surface area contributed by atoms with Gasteiger partial charge in [0.1, 0.15) is 11.6 Å². The molecule has 1 fully saturated rings. The van der Waals surface area contributed by atoms with Crippen molar-refractivity contribution in [2.75, 3.05) is 32.8 Å². The first-order chi connectivity index (χ1) is 15.5. The predicted molar refractivity (Wildman–Crippen MR) is 116 cm³/mol. The van der Waals surface area contributed by atoms with Gasteiger partial charge in [-0.1, -0.05) is 24.3 Å². The third-order valence-electron chi connectivity index (χ3n) is 5.87. The standard InChI is InChI=1S/C24H25F2N3O3/c1-2-32-24(31)29-11-9-28(10-12-29)23(30)14-19(17-8-7-16(25)13-21(17)26)20-15-27-22-6-4-3-5-18(20)22/h3-8,13,15,19,27H,2,9-12,14H2,1H3. The minimum atomic E-state index is -0.680. The third kappa shape index (κ3) is 4.44. The number of ether oxygens (including phenoxy) is 1. The highest BCUT2D eigenvalue weighted by Gasteiger charge is 2.29. The van der Waals surface area contributed by atoms with Gasteiger partial charge in [-0.2, -0.15) is 0 Å². The largest absolute Gasteiger partial charge is 0.450 e. The smallest absolute Gasteiger partial charge is 0.409 e. The Balaban J connectivity index is 1.58. The zero-order valence-corrected chi connectivity index (χ0v) is 17.8. The average Bonchev–Trinajstić information content (AvgIpc) is 3.22. The van der Waals surface area contributed by atoms with Gasteiger partial charge < -0.3 is 19.5 Å². The van der Waals surface area contributed by atoms with Gasteiger partial charge in [-0.25, -0.2) is 13.6 Å². The summed E-state index contributed by atoms with van der Waals surface area (Å²) < 4.78 is 33.3. The van der Waals surface area contributed by atoms with Crippen LogP contribution in [-0.4, -0.2) is 59.6 Å². The van der Waals surface area contributed by atoms with Crippen LogP contribution in [0, 0.1) is 11.6 Å². The van der Waals surface area contributed by atoms with Crippen LogP contribution in [0.5, 0.6) is 0 Å². The minimum absolute atomic E-state index is 0.0316. The van der Waals surface area contributed by atoms with E-state index in [4.69, 9.17) is 4.74 Å². The Labute approximate surface area is 184 Å². The van der Waals surface area contributed by atoms with E-state index in [-0.39, 0.29) is 24.0 Å². The fourth-order valence-corrected chi connectivity index (χ4v) is 4.21. The van der Waals surface area contributed by atoms with E-state index in [2.05, 4.69) is 4.98 Å². The van der Waals surface area contributed by atoms with Gasteiger partial charge in [0.15, 0.2) is 0 Å². The van der Waals surface area contributed by atoms with E-state index in [9.17, 15) is 18.4 Å². The zero-order chi connectivity index (χ0) is 22.7. The Morgan fingerprint density at radius 2 is 1.75 bits per heavy atom. The number of halogens is 2. The first kappa shape index (κ1) is 21.8. The molecule has 0 aliphatic carbocycles. The molecule has 0 spiro atoms. The number of piperazine rings is 1. The van der Waals surface area contributed by atoms with Crippen molar-refractivity contribution in [3.05, 3.63) is 71.4 Å². The summed E-state index contributed by atoms with van der Waals surface area (Å²) in [6.45, 7) is 3.57. The van der Waals surface area contributed by atoms with E-state index >= 15 is 0 Å². The maximum atomic E-state index is 14.8. The van der Waals surface area contributed by atoms with Gasteiger partial charge in [-0.05, 0) is 30.2 Å². The van der Waals surface area contributed by atoms with Crippen LogP contribution in [0.2, 0.25) is 0 Å². The van der Waals surface area contributed by atoms with Crippen LogP contribution in [0.4, 0.5) is 13.6 Å². The molecule has 1 aliphatic rings. The maximum Gasteiger partial charge on any atom is 0.409 e. The number of benzene rings is 2. The van der Waals surface area contributed by atoms with Crippen LogP contribution in [0.25, 0.3) is 10.9 Å². The van der Waals surface area contributed by atoms with Crippen LogP contribution in [0.15, 0.2) is 48.7 Å². The normalized spacial score (nSPS) is 15.1. The molecule has 2 amide bonds. The topological polar surface area (TPSA) is 65.6 Å². The molecule has 1 aromatic heterocycles. The number of rotatable bonds is 5. The fraction of sp³-hybridized carbons (Fsp3) is 0.333. The summed E-state index contributed by atoms with van der Waals surface area (Å²) in [5, 5.41) is 0.890. The van der Waals surface area contributed by atoms with E-state index in [1.54, 1.807) is 22.9 Å². The summed E-state index contributed by atoms with van der Waals surface area (Å²) in [5.74, 6) is -2.07. The lowest BCUT2D eigenvalue weighted by Gasteiger charge is -2.34. The van der Waals surface area contributed by atoms with E-state index in [1.165, 1.54) is 12.1 Å². The molecule has 0 saturated carbocycles. The number of carbonyl (C=O) groups excluding carboxylic acids is 2. The Morgan fingerprint density at radius 1 is 1.03 bits per heavy atom. The van der Waals surface area contributed by atoms with Crippen LogP contribution in [0.1, 0.15) is 30.4 Å². The van der Waals surface area contributed by atoms with Crippen molar-refractivity contribution in [3.63, 3.8) is 0 Å². The average molecular weight is 441 g/mol. The van der Waals surface area contributed by atoms with Crippen LogP contribution in [-0.2, 0) is 9.53 Å². The SMILES string of the molecule is CCOC(=O)N1CCN(C(=O)CC(c2ccc(F)cc2F)c2c[nH]c3ccccc23)CC1. The number of carbonyl (C=O) groups is 2. The van der Waals surface area contributed by atoms with E-state index in [1.807, 2.05) is 24.3 Å². The number of nitrogens with one attached hydrogen (secondary N) is 1. The molecule has 3 aromatic rings. The number of nitrogens with zero attached hydrogens (tertiary/aromatic N) is 2. The van der Waals surface area contributed by atoms with Crippen molar-refractivity contribution in [2.45, 2.75) is 19.3 Å². The molecule has 168 valence electrons. The molecule has 1 N–H and O–H groups in total. The van der Waals surface area contributed by atoms with E-state index in [0.29, 0.717) is 32.8 Å². The molecule has 1 atom stereocenters. The highest BCUT2D eigenvalue weighted by atomic mass is 19.1. The molecule has 0 bridgehead atoms. The van der Waals surface area contributed by atoms with Crippen molar-refractivity contribution in [1.82, 2.24) is 14.8 Å². The monoisotopic (exact) mass is 441 g/mol. The Morgan fingerprint density at radius 3 is 2.47 bits per heavy atom. The highest BCUT2D eigenvalue weighted by molar-refractivity contribution is 5.86. The Bertz CT molecular complexity index is 1120. The third-order valence-corrected chi connectivity index (χ3v) is 5.87. The maximum absolute atomic E-state index is 14.8. The summed E-state index contributed by atoms with van der Waals surface area (Å²) in [6.07, 6.45) is 1.43. The number of hydrogen-bond acceptors (Lipinski definition) is 3. The van der Waals surface area contributed by atoms with Gasteiger partial charge in [0.05, 0.1) is 6.61 Å². The molecule has 32 heavy (non-hydrogen) atoms. The number of fused-ring (bicyclic) bond motifs is 1. The van der Waals surface area contributed by atoms with Crippen LogP contribution >= 0.6 is 0 Å². The molecular formula is C24H25F2N3O3. The molecule has 0 radical (unpaired) electrons. The number of H-pyrrole nitrogens is 1. The van der Waals surface area contributed by atoms with Gasteiger partial charge in [-0.3, -0.25) is 4.79 Å². The summed E-state index contributed by atoms with van der Waals surface area (Å²) >= 11 is 0. The molecule has 6 nitrogen and oxygen atoms in total. The number of aromatic nitrogens is 1. The van der Waals surface area contributed by atoms with Crippen molar-refractivity contribution in [3.8, 4) is 0 Å². The van der Waals surface area contributed by atoms with Gasteiger partial charge in [0.2, 0.25) is 5.91 Å². The molecule has 2 aromatic carbocycles. The number of hydrogen-bond donors (Lipinski definition) is 1. The molecule has 8 heteroatoms. The molecule has 2 heterocycles. The van der Waals surface area contributed by atoms with E-state index in [0.717, 1.165) is 22.5 Å². The number of aromatic amines is 1. The zero-order valence-electron chi connectivity index (χ0n) is 17.8. The predicted octanol–water partition coefficient (Wildman–Crippen LogP) is 4.27. The van der Waals surface area contributed by atoms with Crippen molar-refractivity contribution < 1.29 is 23.1 Å². The summed E-state index contributed by atoms with van der Waals surface area (Å²) in [7, 11) is 0. The first-order valence-electron chi connectivity index (χ1n) is 10.7. The summed E-state index contributed by atoms with van der Waals surface area (Å²) in [4.78, 5) is 31.5. The van der Waals surface area contributed by atoms with E-state index < -0.39 is 17.6 Å². The Kier molecular flexibility index (Phi) is 6.39. The summed E-state index contributed by atoms with van der Waals surface area (Å²) in [5.41, 5.74) is 1.93. The molecule has 1 aliphatic heterocycles. The van der Waals surface area contributed by atoms with Gasteiger partial charge in [0.25, 0.3) is 0 Å². The number of amides is 2. The van der Waals surface area contributed by atoms with Gasteiger partial charge >= 0.3 is 6.09 Å². The summed E-state index contributed by atoms with van der Waals surface area (Å²) in [6, 6.07) is 11.1. The first-order valence-corrected chi connectivity index (χ1v) is 10.7. The minimum Gasteiger partial charge on any atom is -0.450 e. The quantitative estimate of drug-likeness (QED) is 0.643. The van der Waals surface area contributed by atoms with Crippen molar-refractivity contribution in [1.29, 1.82) is 0 Å². The van der Waals surface area contributed by atoms with Crippen LogP contribution < -0.4 is 0 Å². The second-order valence-electron chi connectivity index (χ2n) is 7.78. The van der Waals surface area contributed by atoms with Gasteiger partial charge in [0, 0.05) is 61.7 Å². The second kappa shape index (κ2) is 9.38. The fourth-order valence-electron chi connectivity index (χ4n) is 4.21. The second-order valence-corrected chi connectivity index (χ2v) is 7.78. The van der Waals surface area contributed by atoms with Crippen LogP contribution in [0.3, 0.4) is 0 Å². The molecule has 1 unspecified atom stereocenters. The van der Waals surface area contributed by atoms with Gasteiger partial charge in [-0.15, -0.1) is 0 Å².